The number of fused-ring (bicyclic) bond motifs is 1. The maximum atomic E-state index is 6.43. The SMILES string of the molecule is COc1ccccc1CC(N)c1ccnc2ccccc12. The van der Waals surface area contributed by atoms with Crippen molar-refractivity contribution in [2.45, 2.75) is 12.5 Å². The number of aromatic nitrogens is 1. The molecule has 3 heteroatoms. The number of hydrogen-bond donors (Lipinski definition) is 1. The van der Waals surface area contributed by atoms with Crippen LogP contribution in [0.1, 0.15) is 17.2 Å². The lowest BCUT2D eigenvalue weighted by Gasteiger charge is -2.16. The molecular formula is C18H18N2O. The highest BCUT2D eigenvalue weighted by atomic mass is 16.5. The highest BCUT2D eigenvalue weighted by Crippen LogP contribution is 2.27. The third-order valence-corrected chi connectivity index (χ3v) is 3.71. The van der Waals surface area contributed by atoms with Gasteiger partial charge in [0.05, 0.1) is 12.6 Å². The zero-order valence-electron chi connectivity index (χ0n) is 12.0. The number of benzene rings is 2. The number of pyridine rings is 1. The molecule has 1 atom stereocenters. The van der Waals surface area contributed by atoms with E-state index >= 15 is 0 Å². The number of nitrogens with zero attached hydrogens (tertiary/aromatic N) is 1. The van der Waals surface area contributed by atoms with Crippen molar-refractivity contribution in [3.05, 3.63) is 71.9 Å². The van der Waals surface area contributed by atoms with Crippen LogP contribution in [-0.2, 0) is 6.42 Å². The first kappa shape index (κ1) is 13.6. The fraction of sp³-hybridized carbons (Fsp3) is 0.167. The Morgan fingerprint density at radius 1 is 1.05 bits per heavy atom. The van der Waals surface area contributed by atoms with E-state index in [0.717, 1.165) is 34.2 Å². The molecule has 0 spiro atoms. The van der Waals surface area contributed by atoms with Crippen molar-refractivity contribution < 1.29 is 4.74 Å². The maximum Gasteiger partial charge on any atom is 0.122 e. The van der Waals surface area contributed by atoms with E-state index < -0.39 is 0 Å². The summed E-state index contributed by atoms with van der Waals surface area (Å²) in [4.78, 5) is 4.38. The Bertz CT molecular complexity index is 750. The van der Waals surface area contributed by atoms with Crippen molar-refractivity contribution >= 4 is 10.9 Å². The molecule has 0 saturated carbocycles. The van der Waals surface area contributed by atoms with E-state index in [-0.39, 0.29) is 6.04 Å². The largest absolute Gasteiger partial charge is 0.496 e. The summed E-state index contributed by atoms with van der Waals surface area (Å²) in [5.41, 5.74) is 9.65. The Kier molecular flexibility index (Phi) is 3.84. The standard InChI is InChI=1S/C18H18N2O/c1-21-18-9-5-2-6-13(18)12-16(19)14-10-11-20-17-8-4-3-7-15(14)17/h2-11,16H,12,19H2,1H3. The summed E-state index contributed by atoms with van der Waals surface area (Å²) in [6.45, 7) is 0. The molecule has 21 heavy (non-hydrogen) atoms. The van der Waals surface area contributed by atoms with Gasteiger partial charge in [-0.3, -0.25) is 4.98 Å². The summed E-state index contributed by atoms with van der Waals surface area (Å²) in [5, 5.41) is 1.11. The second kappa shape index (κ2) is 5.94. The molecule has 2 aromatic carbocycles. The molecule has 3 rings (SSSR count). The molecule has 3 aromatic rings. The van der Waals surface area contributed by atoms with Gasteiger partial charge in [0.25, 0.3) is 0 Å². The lowest BCUT2D eigenvalue weighted by molar-refractivity contribution is 0.408. The second-order valence-corrected chi connectivity index (χ2v) is 5.04. The van der Waals surface area contributed by atoms with Gasteiger partial charge in [-0.1, -0.05) is 36.4 Å². The second-order valence-electron chi connectivity index (χ2n) is 5.04. The quantitative estimate of drug-likeness (QED) is 0.794. The monoisotopic (exact) mass is 278 g/mol. The molecule has 0 aliphatic heterocycles. The van der Waals surface area contributed by atoms with Crippen LogP contribution in [0.5, 0.6) is 5.75 Å². The van der Waals surface area contributed by atoms with Crippen molar-refractivity contribution in [3.8, 4) is 5.75 Å². The van der Waals surface area contributed by atoms with Crippen LogP contribution in [-0.4, -0.2) is 12.1 Å². The van der Waals surface area contributed by atoms with Gasteiger partial charge in [-0.2, -0.15) is 0 Å². The minimum atomic E-state index is -0.0887. The van der Waals surface area contributed by atoms with Crippen molar-refractivity contribution in [2.75, 3.05) is 7.11 Å². The molecular weight excluding hydrogens is 260 g/mol. The third-order valence-electron chi connectivity index (χ3n) is 3.71. The molecule has 0 aliphatic carbocycles. The third kappa shape index (κ3) is 2.73. The number of nitrogens with two attached hydrogens (primary N) is 1. The Morgan fingerprint density at radius 3 is 2.67 bits per heavy atom. The van der Waals surface area contributed by atoms with E-state index in [2.05, 4.69) is 17.1 Å². The molecule has 1 heterocycles. The average molecular weight is 278 g/mol. The summed E-state index contributed by atoms with van der Waals surface area (Å²) in [6, 6.07) is 18.0. The molecule has 0 radical (unpaired) electrons. The molecule has 106 valence electrons. The van der Waals surface area contributed by atoms with Crippen LogP contribution in [0.3, 0.4) is 0 Å². The molecule has 2 N–H and O–H groups in total. The first-order chi connectivity index (χ1) is 10.3. The van der Waals surface area contributed by atoms with E-state index in [1.54, 1.807) is 7.11 Å². The Labute approximate surface area is 124 Å². The Hall–Kier alpha value is -2.39. The van der Waals surface area contributed by atoms with Crippen molar-refractivity contribution in [1.82, 2.24) is 4.98 Å². The predicted molar refractivity (Wildman–Crippen MR) is 85.4 cm³/mol. The first-order valence-electron chi connectivity index (χ1n) is 7.00. The minimum absolute atomic E-state index is 0.0887. The van der Waals surface area contributed by atoms with Crippen molar-refractivity contribution in [2.24, 2.45) is 5.73 Å². The van der Waals surface area contributed by atoms with Crippen LogP contribution >= 0.6 is 0 Å². The molecule has 1 unspecified atom stereocenters. The minimum Gasteiger partial charge on any atom is -0.496 e. The zero-order valence-corrected chi connectivity index (χ0v) is 12.0. The fourth-order valence-corrected chi connectivity index (χ4v) is 2.66. The topological polar surface area (TPSA) is 48.1 Å². The Morgan fingerprint density at radius 2 is 1.81 bits per heavy atom. The van der Waals surface area contributed by atoms with Crippen molar-refractivity contribution in [1.29, 1.82) is 0 Å². The van der Waals surface area contributed by atoms with Gasteiger partial charge in [0.2, 0.25) is 0 Å². The van der Waals surface area contributed by atoms with Gasteiger partial charge in [-0.25, -0.2) is 0 Å². The predicted octanol–water partition coefficient (Wildman–Crippen LogP) is 3.49. The van der Waals surface area contributed by atoms with Crippen LogP contribution in [0.2, 0.25) is 0 Å². The lowest BCUT2D eigenvalue weighted by Crippen LogP contribution is -2.14. The number of methoxy groups -OCH3 is 1. The maximum absolute atomic E-state index is 6.43. The van der Waals surface area contributed by atoms with Crippen LogP contribution in [0.4, 0.5) is 0 Å². The van der Waals surface area contributed by atoms with E-state index in [1.165, 1.54) is 0 Å². The molecule has 0 amide bonds. The van der Waals surface area contributed by atoms with Crippen LogP contribution in [0.15, 0.2) is 60.8 Å². The number of ether oxygens (including phenoxy) is 1. The Balaban J connectivity index is 1.96. The molecule has 1 aromatic heterocycles. The van der Waals surface area contributed by atoms with Crippen LogP contribution in [0, 0.1) is 0 Å². The molecule has 0 bridgehead atoms. The van der Waals surface area contributed by atoms with Crippen LogP contribution < -0.4 is 10.5 Å². The highest BCUT2D eigenvalue weighted by Gasteiger charge is 2.13. The smallest absolute Gasteiger partial charge is 0.122 e. The van der Waals surface area contributed by atoms with Gasteiger partial charge < -0.3 is 10.5 Å². The average Bonchev–Trinajstić information content (AvgIpc) is 2.54. The normalized spacial score (nSPS) is 12.3. The van der Waals surface area contributed by atoms with Gasteiger partial charge in [0, 0.05) is 17.6 Å². The van der Waals surface area contributed by atoms with Gasteiger partial charge in [0.1, 0.15) is 5.75 Å². The summed E-state index contributed by atoms with van der Waals surface area (Å²) in [5.74, 6) is 0.881. The van der Waals surface area contributed by atoms with E-state index in [1.807, 2.05) is 48.7 Å². The van der Waals surface area contributed by atoms with E-state index in [4.69, 9.17) is 10.5 Å². The highest BCUT2D eigenvalue weighted by molar-refractivity contribution is 5.82. The van der Waals surface area contributed by atoms with Gasteiger partial charge in [-0.05, 0) is 35.7 Å². The first-order valence-corrected chi connectivity index (χ1v) is 7.00. The number of para-hydroxylation sites is 2. The molecule has 0 aliphatic rings. The van der Waals surface area contributed by atoms with E-state index in [9.17, 15) is 0 Å². The summed E-state index contributed by atoms with van der Waals surface area (Å²) in [7, 11) is 1.69. The lowest BCUT2D eigenvalue weighted by atomic mass is 9.96. The van der Waals surface area contributed by atoms with E-state index in [0.29, 0.717) is 0 Å². The zero-order chi connectivity index (χ0) is 14.7. The van der Waals surface area contributed by atoms with Crippen molar-refractivity contribution in [3.63, 3.8) is 0 Å². The van der Waals surface area contributed by atoms with Gasteiger partial charge in [-0.15, -0.1) is 0 Å². The summed E-state index contributed by atoms with van der Waals surface area (Å²) >= 11 is 0. The molecule has 0 fully saturated rings. The summed E-state index contributed by atoms with van der Waals surface area (Å²) < 4.78 is 5.40. The van der Waals surface area contributed by atoms with Crippen LogP contribution in [0.25, 0.3) is 10.9 Å². The number of hydrogen-bond acceptors (Lipinski definition) is 3. The van der Waals surface area contributed by atoms with Gasteiger partial charge in [0.15, 0.2) is 0 Å². The fourth-order valence-electron chi connectivity index (χ4n) is 2.66. The molecule has 0 saturated heterocycles. The summed E-state index contributed by atoms with van der Waals surface area (Å²) in [6.07, 6.45) is 2.55. The molecule has 3 nitrogen and oxygen atoms in total. The number of rotatable bonds is 4. The van der Waals surface area contributed by atoms with Gasteiger partial charge >= 0.3 is 0 Å².